The molecule has 2 aliphatic rings. The second-order valence-electron chi connectivity index (χ2n) is 17.1. The highest BCUT2D eigenvalue weighted by atomic mass is 32.2. The molecule has 0 aromatic heterocycles. The summed E-state index contributed by atoms with van der Waals surface area (Å²) in [5, 5.41) is 19.6. The zero-order valence-corrected chi connectivity index (χ0v) is 40.6. The van der Waals surface area contributed by atoms with Crippen molar-refractivity contribution in [3.05, 3.63) is 65.2 Å². The number of benzene rings is 2. The van der Waals surface area contributed by atoms with Crippen LogP contribution in [-0.2, 0) is 62.3 Å². The molecule has 0 radical (unpaired) electrons. The Morgan fingerprint density at radius 3 is 2.03 bits per heavy atom. The van der Waals surface area contributed by atoms with Gasteiger partial charge in [-0.3, -0.25) is 38.6 Å². The van der Waals surface area contributed by atoms with Gasteiger partial charge >= 0.3 is 13.9 Å². The lowest BCUT2D eigenvalue weighted by Crippen LogP contribution is -2.57. The van der Waals surface area contributed by atoms with E-state index in [1.54, 1.807) is 30.3 Å². The maximum Gasteiger partial charge on any atom is 0.524 e. The van der Waals surface area contributed by atoms with E-state index >= 15 is 0 Å². The van der Waals surface area contributed by atoms with E-state index in [1.807, 2.05) is 25.6 Å². The van der Waals surface area contributed by atoms with E-state index in [-0.39, 0.29) is 99.5 Å². The summed E-state index contributed by atoms with van der Waals surface area (Å²) < 4.78 is 41.0. The van der Waals surface area contributed by atoms with Gasteiger partial charge in [-0.05, 0) is 48.4 Å². The zero-order chi connectivity index (χ0) is 50.3. The van der Waals surface area contributed by atoms with Crippen LogP contribution in [0.5, 0.6) is 5.75 Å². The Bertz CT molecular complexity index is 2090. The zero-order valence-electron chi connectivity index (χ0n) is 38.9. The van der Waals surface area contributed by atoms with E-state index in [4.69, 9.17) is 15.2 Å². The van der Waals surface area contributed by atoms with Gasteiger partial charge in [0, 0.05) is 61.8 Å². The van der Waals surface area contributed by atoms with Crippen molar-refractivity contribution in [1.29, 1.82) is 0 Å². The predicted octanol–water partition coefficient (Wildman–Crippen LogP) is 1.17. The minimum atomic E-state index is -5.04. The van der Waals surface area contributed by atoms with E-state index in [1.165, 1.54) is 12.1 Å². The number of alkyl halides is 1. The molecule has 0 bridgehead atoms. The van der Waals surface area contributed by atoms with E-state index in [2.05, 4.69) is 41.7 Å². The first-order chi connectivity index (χ1) is 32.9. The summed E-state index contributed by atoms with van der Waals surface area (Å²) in [6.07, 6.45) is 2.39. The van der Waals surface area contributed by atoms with Crippen LogP contribution in [0.25, 0.3) is 0 Å². The Hall–Kier alpha value is -5.32. The Labute approximate surface area is 405 Å². The molecule has 2 saturated heterocycles. The number of amides is 8. The molecule has 2 aromatic rings. The lowest BCUT2D eigenvalue weighted by atomic mass is 9.99. The van der Waals surface area contributed by atoms with Gasteiger partial charge in [0.2, 0.25) is 35.4 Å². The van der Waals surface area contributed by atoms with Crippen LogP contribution >= 0.6 is 19.6 Å². The second kappa shape index (κ2) is 29.0. The molecule has 24 heteroatoms. The SMILES string of the molecule is CC(C)C[C@H](NC(=O)[C@H](Cc1ccc(OP(=O)(O)O)c(CF)c1)NC(=O)[C@H](Cc1ccccc1)NC(=O)CCC(=O)NCCOCCOCCNC(=O)CCCCC1SCC2NC(=O)NC21)C(N)=O. The van der Waals surface area contributed by atoms with Crippen molar-refractivity contribution in [1.82, 2.24) is 37.2 Å². The number of rotatable bonds is 32. The third kappa shape index (κ3) is 21.1. The number of phosphoric acid groups is 1. The smallest absolute Gasteiger partial charge is 0.404 e. The number of nitrogens with one attached hydrogen (secondary N) is 7. The quantitative estimate of drug-likeness (QED) is 0.0280. The van der Waals surface area contributed by atoms with Crippen LogP contribution in [-0.4, -0.2) is 132 Å². The van der Waals surface area contributed by atoms with Gasteiger partial charge in [-0.15, -0.1) is 0 Å². The first-order valence-electron chi connectivity index (χ1n) is 22.9. The van der Waals surface area contributed by atoms with E-state index in [0.717, 1.165) is 31.1 Å². The van der Waals surface area contributed by atoms with Crippen LogP contribution in [0, 0.1) is 5.92 Å². The number of primary amides is 1. The molecule has 11 N–H and O–H groups in total. The molecular formula is C45H66FN8O13PS. The monoisotopic (exact) mass is 1010 g/mol. The molecule has 6 atom stereocenters. The molecule has 0 aliphatic carbocycles. The predicted molar refractivity (Wildman–Crippen MR) is 253 cm³/mol. The van der Waals surface area contributed by atoms with Crippen LogP contribution in [0.3, 0.4) is 0 Å². The van der Waals surface area contributed by atoms with Crippen LogP contribution < -0.4 is 47.5 Å². The number of fused-ring (bicyclic) bond motifs is 1. The second-order valence-corrected chi connectivity index (χ2v) is 19.6. The largest absolute Gasteiger partial charge is 0.524 e. The van der Waals surface area contributed by atoms with Gasteiger partial charge in [-0.1, -0.05) is 56.7 Å². The Balaban J connectivity index is 1.19. The molecular weight excluding hydrogens is 943 g/mol. The van der Waals surface area contributed by atoms with Crippen LogP contribution in [0.1, 0.15) is 75.5 Å². The highest BCUT2D eigenvalue weighted by Crippen LogP contribution is 2.39. The number of ether oxygens (including phenoxy) is 2. The molecule has 0 spiro atoms. The van der Waals surface area contributed by atoms with Crippen LogP contribution in [0.4, 0.5) is 9.18 Å². The van der Waals surface area contributed by atoms with E-state index in [9.17, 15) is 52.3 Å². The van der Waals surface area contributed by atoms with Crippen molar-refractivity contribution >= 4 is 61.1 Å². The number of phosphoric ester groups is 1. The summed E-state index contributed by atoms with van der Waals surface area (Å²) in [7, 11) is -5.04. The number of urea groups is 1. The van der Waals surface area contributed by atoms with Gasteiger partial charge in [0.25, 0.3) is 0 Å². The topological polar surface area (TPSA) is 315 Å². The van der Waals surface area contributed by atoms with E-state index < -0.39 is 67.9 Å². The Morgan fingerprint density at radius 1 is 0.797 bits per heavy atom. The molecule has 382 valence electrons. The first-order valence-corrected chi connectivity index (χ1v) is 25.5. The van der Waals surface area contributed by atoms with Gasteiger partial charge in [0.15, 0.2) is 0 Å². The average Bonchev–Trinajstić information content (AvgIpc) is 3.85. The summed E-state index contributed by atoms with van der Waals surface area (Å²) in [6.45, 7) is 3.96. The first kappa shape index (κ1) is 56.3. The molecule has 2 aliphatic heterocycles. The Morgan fingerprint density at radius 2 is 1.41 bits per heavy atom. The molecule has 0 saturated carbocycles. The number of carbonyl (C=O) groups is 7. The highest BCUT2D eigenvalue weighted by molar-refractivity contribution is 8.00. The fourth-order valence-electron chi connectivity index (χ4n) is 7.64. The number of nitrogens with two attached hydrogens (primary N) is 1. The standard InChI is InChI=1S/C45H66FN8O13PS/c1-28(2)22-32(42(47)58)51-44(60)34(25-30-12-13-36(31(23-30)26-46)67-68(62,63)64)52-43(59)33(24-29-8-4-3-5-9-29)50-40(57)15-14-39(56)49-17-19-66-21-20-65-18-16-48-38(55)11-7-6-10-37-41-35(27-69-37)53-45(61)54-41/h3-5,8-9,12-13,23,28,32-35,37,41H,6-7,10-11,14-22,24-27H2,1-2H3,(H2,47,58)(H,48,55)(H,49,56)(H,50,57)(H,51,60)(H,52,59)(H2,53,54,61)(H2,62,63,64)/t32-,33-,34-,35?,37?,41?/m0/s1. The molecule has 4 rings (SSSR count). The third-order valence-corrected chi connectivity index (χ3v) is 13.0. The summed E-state index contributed by atoms with van der Waals surface area (Å²) >= 11 is 1.85. The Kier molecular flexibility index (Phi) is 23.6. The molecule has 21 nitrogen and oxygen atoms in total. The minimum absolute atomic E-state index is 0.0182. The van der Waals surface area contributed by atoms with Crippen LogP contribution in [0.2, 0.25) is 0 Å². The number of thioether (sulfide) groups is 1. The molecule has 69 heavy (non-hydrogen) atoms. The maximum absolute atomic E-state index is 14.0. The lowest BCUT2D eigenvalue weighted by Gasteiger charge is -2.26. The number of hydrogen-bond acceptors (Lipinski definition) is 12. The number of unbranched alkanes of at least 4 members (excludes halogenated alkanes) is 1. The lowest BCUT2D eigenvalue weighted by molar-refractivity contribution is -0.133. The van der Waals surface area contributed by atoms with Gasteiger partial charge in [-0.25, -0.2) is 13.8 Å². The molecule has 2 heterocycles. The van der Waals surface area contributed by atoms with Crippen LogP contribution in [0.15, 0.2) is 48.5 Å². The number of carbonyl (C=O) groups excluding carboxylic acids is 7. The van der Waals surface area contributed by atoms with Crippen molar-refractivity contribution in [2.45, 2.75) is 114 Å². The fraction of sp³-hybridized carbons (Fsp3) is 0.578. The number of hydrogen-bond donors (Lipinski definition) is 10. The maximum atomic E-state index is 14.0. The normalized spacial score (nSPS) is 17.7. The highest BCUT2D eigenvalue weighted by Gasteiger charge is 2.42. The third-order valence-electron chi connectivity index (χ3n) is 11.0. The number of halogens is 1. The van der Waals surface area contributed by atoms with Crippen molar-refractivity contribution in [2.24, 2.45) is 11.7 Å². The summed E-state index contributed by atoms with van der Waals surface area (Å²) in [6, 6.07) is 8.80. The van der Waals surface area contributed by atoms with Crippen molar-refractivity contribution in [2.75, 3.05) is 45.3 Å². The molecule has 3 unspecified atom stereocenters. The van der Waals surface area contributed by atoms with Gasteiger partial charge in [-0.2, -0.15) is 11.8 Å². The molecule has 8 amide bonds. The van der Waals surface area contributed by atoms with Gasteiger partial charge in [0.05, 0.1) is 38.5 Å². The van der Waals surface area contributed by atoms with Gasteiger partial charge in [0.1, 0.15) is 30.5 Å². The van der Waals surface area contributed by atoms with Crippen molar-refractivity contribution < 1.29 is 66.3 Å². The fourth-order valence-corrected chi connectivity index (χ4v) is 9.62. The van der Waals surface area contributed by atoms with Gasteiger partial charge < -0.3 is 56.9 Å². The van der Waals surface area contributed by atoms with Crippen molar-refractivity contribution in [3.63, 3.8) is 0 Å². The summed E-state index contributed by atoms with van der Waals surface area (Å²) in [4.78, 5) is 108. The van der Waals surface area contributed by atoms with E-state index in [0.29, 0.717) is 30.4 Å². The summed E-state index contributed by atoms with van der Waals surface area (Å²) in [5.41, 5.74) is 6.24. The average molecular weight is 1010 g/mol. The minimum Gasteiger partial charge on any atom is -0.404 e. The van der Waals surface area contributed by atoms with Crippen molar-refractivity contribution in [3.8, 4) is 5.75 Å². The molecule has 2 fully saturated rings. The summed E-state index contributed by atoms with van der Waals surface area (Å²) in [5.74, 6) is -3.14. The molecule has 2 aromatic carbocycles.